The lowest BCUT2D eigenvalue weighted by molar-refractivity contribution is -0.138. The Kier molecular flexibility index (Phi) is 6.59. The zero-order chi connectivity index (χ0) is 18.4. The highest BCUT2D eigenvalue weighted by Crippen LogP contribution is 2.23. The van der Waals surface area contributed by atoms with Crippen molar-refractivity contribution in [1.82, 2.24) is 4.57 Å². The number of nitrogens with zero attached hydrogens (tertiary/aromatic N) is 1. The van der Waals surface area contributed by atoms with Gasteiger partial charge < -0.3 is 15.4 Å². The van der Waals surface area contributed by atoms with Crippen molar-refractivity contribution in [2.75, 3.05) is 0 Å². The number of aromatic nitrogens is 1. The van der Waals surface area contributed by atoms with Gasteiger partial charge in [-0.15, -0.1) is 0 Å². The molecule has 0 bridgehead atoms. The predicted octanol–water partition coefficient (Wildman–Crippen LogP) is 4.29. The summed E-state index contributed by atoms with van der Waals surface area (Å²) in [7, 11) is 0. The summed E-state index contributed by atoms with van der Waals surface area (Å²) in [5, 5.41) is 10.2. The molecule has 0 spiro atoms. The number of carboxylic acids is 1. The summed E-state index contributed by atoms with van der Waals surface area (Å²) in [5.41, 5.74) is 10.5. The number of aliphatic carboxylic acids is 1. The second-order valence-electron chi connectivity index (χ2n) is 6.84. The van der Waals surface area contributed by atoms with Gasteiger partial charge in [-0.2, -0.15) is 0 Å². The van der Waals surface area contributed by atoms with Crippen molar-refractivity contribution in [3.05, 3.63) is 59.3 Å². The van der Waals surface area contributed by atoms with E-state index in [1.165, 1.54) is 11.1 Å². The zero-order valence-electron chi connectivity index (χ0n) is 15.3. The summed E-state index contributed by atoms with van der Waals surface area (Å²) >= 11 is 0. The number of hydrogen-bond acceptors (Lipinski definition) is 2. The number of rotatable bonds is 8. The van der Waals surface area contributed by atoms with Crippen LogP contribution >= 0.6 is 0 Å². The molecule has 2 rings (SSSR count). The molecule has 134 valence electrons. The first-order valence-electron chi connectivity index (χ1n) is 8.72. The molecule has 1 atom stereocenters. The van der Waals surface area contributed by atoms with Gasteiger partial charge >= 0.3 is 5.97 Å². The molecule has 0 aliphatic carbocycles. The Bertz CT molecular complexity index is 795. The zero-order valence-corrected chi connectivity index (χ0v) is 15.3. The van der Waals surface area contributed by atoms with Crippen LogP contribution in [0, 0.1) is 0 Å². The van der Waals surface area contributed by atoms with Crippen LogP contribution in [0.1, 0.15) is 39.2 Å². The van der Waals surface area contributed by atoms with Gasteiger partial charge in [0.25, 0.3) is 0 Å². The quantitative estimate of drug-likeness (QED) is 0.704. The van der Waals surface area contributed by atoms with Crippen LogP contribution in [0.5, 0.6) is 0 Å². The molecular weight excluding hydrogens is 312 g/mol. The molecule has 0 saturated carbocycles. The summed E-state index contributed by atoms with van der Waals surface area (Å²) in [6, 6.07) is 7.20. The molecule has 0 fully saturated rings. The SMILES string of the molecule is CC(C)=CCC/C(C)=C/Cn1cc(C[C@H](N)C(=O)O)c2ccccc21. The molecule has 0 aliphatic rings. The first-order valence-corrected chi connectivity index (χ1v) is 8.72. The van der Waals surface area contributed by atoms with Crippen molar-refractivity contribution >= 4 is 16.9 Å². The van der Waals surface area contributed by atoms with Gasteiger partial charge in [0.05, 0.1) is 0 Å². The van der Waals surface area contributed by atoms with Crippen LogP contribution in [0.4, 0.5) is 0 Å². The lowest BCUT2D eigenvalue weighted by atomic mass is 10.1. The third kappa shape index (κ3) is 5.33. The summed E-state index contributed by atoms with van der Waals surface area (Å²) in [6.45, 7) is 7.18. The third-order valence-corrected chi connectivity index (χ3v) is 4.36. The van der Waals surface area contributed by atoms with E-state index in [-0.39, 0.29) is 0 Å². The van der Waals surface area contributed by atoms with Gasteiger partial charge in [-0.05, 0) is 45.2 Å². The number of para-hydroxylation sites is 1. The molecule has 1 aromatic heterocycles. The average Bonchev–Trinajstić information content (AvgIpc) is 2.90. The molecule has 3 N–H and O–H groups in total. The Balaban J connectivity index is 2.18. The van der Waals surface area contributed by atoms with Crippen LogP contribution in [0.3, 0.4) is 0 Å². The van der Waals surface area contributed by atoms with Gasteiger partial charge in [-0.1, -0.05) is 41.5 Å². The van der Waals surface area contributed by atoms with Gasteiger partial charge in [0, 0.05) is 30.1 Å². The molecule has 0 radical (unpaired) electrons. The van der Waals surface area contributed by atoms with Gasteiger partial charge in [-0.25, -0.2) is 0 Å². The Morgan fingerprint density at radius 1 is 1.24 bits per heavy atom. The third-order valence-electron chi connectivity index (χ3n) is 4.36. The van der Waals surface area contributed by atoms with E-state index < -0.39 is 12.0 Å². The Morgan fingerprint density at radius 3 is 2.64 bits per heavy atom. The topological polar surface area (TPSA) is 68.2 Å². The fourth-order valence-corrected chi connectivity index (χ4v) is 2.91. The predicted molar refractivity (Wildman–Crippen MR) is 104 cm³/mol. The van der Waals surface area contributed by atoms with Gasteiger partial charge in [-0.3, -0.25) is 4.79 Å². The van der Waals surface area contributed by atoms with Crippen LogP contribution in [0.25, 0.3) is 10.9 Å². The summed E-state index contributed by atoms with van der Waals surface area (Å²) in [4.78, 5) is 11.1. The largest absolute Gasteiger partial charge is 0.480 e. The van der Waals surface area contributed by atoms with E-state index in [2.05, 4.69) is 43.6 Å². The average molecular weight is 340 g/mol. The summed E-state index contributed by atoms with van der Waals surface area (Å²) in [6.07, 6.45) is 9.00. The molecule has 1 aromatic carbocycles. The summed E-state index contributed by atoms with van der Waals surface area (Å²) in [5.74, 6) is -0.966. The lowest BCUT2D eigenvalue weighted by Gasteiger charge is -2.04. The van der Waals surface area contributed by atoms with Crippen molar-refractivity contribution in [2.45, 2.75) is 52.6 Å². The Labute approximate surface area is 149 Å². The number of carbonyl (C=O) groups is 1. The van der Waals surface area contributed by atoms with Crippen LogP contribution in [0.15, 0.2) is 53.8 Å². The highest BCUT2D eigenvalue weighted by molar-refractivity contribution is 5.85. The minimum atomic E-state index is -0.966. The Hall–Kier alpha value is -2.33. The lowest BCUT2D eigenvalue weighted by Crippen LogP contribution is -2.32. The standard InChI is InChI=1S/C21H28N2O2/c1-15(2)7-6-8-16(3)11-12-23-14-17(13-19(22)21(24)25)18-9-4-5-10-20(18)23/h4-5,7,9-11,14,19H,6,8,12-13,22H2,1-3H3,(H,24,25)/b16-11+/t19-/m0/s1. The van der Waals surface area contributed by atoms with E-state index in [4.69, 9.17) is 10.8 Å². The molecule has 25 heavy (non-hydrogen) atoms. The van der Waals surface area contributed by atoms with E-state index in [0.717, 1.165) is 35.9 Å². The van der Waals surface area contributed by atoms with E-state index in [9.17, 15) is 4.79 Å². The molecule has 4 nitrogen and oxygen atoms in total. The van der Waals surface area contributed by atoms with Gasteiger partial charge in [0.2, 0.25) is 0 Å². The molecule has 0 amide bonds. The van der Waals surface area contributed by atoms with E-state index in [1.54, 1.807) is 0 Å². The fourth-order valence-electron chi connectivity index (χ4n) is 2.91. The molecule has 0 saturated heterocycles. The van der Waals surface area contributed by atoms with Crippen LogP contribution < -0.4 is 5.73 Å². The number of allylic oxidation sites excluding steroid dienone is 4. The van der Waals surface area contributed by atoms with Gasteiger partial charge in [0.1, 0.15) is 6.04 Å². The maximum Gasteiger partial charge on any atom is 0.320 e. The Morgan fingerprint density at radius 2 is 1.96 bits per heavy atom. The van der Waals surface area contributed by atoms with Crippen molar-refractivity contribution in [1.29, 1.82) is 0 Å². The molecule has 1 heterocycles. The second-order valence-corrected chi connectivity index (χ2v) is 6.84. The van der Waals surface area contributed by atoms with Crippen molar-refractivity contribution in [3.63, 3.8) is 0 Å². The molecule has 0 aliphatic heterocycles. The van der Waals surface area contributed by atoms with Crippen molar-refractivity contribution in [2.24, 2.45) is 5.73 Å². The number of fused-ring (bicyclic) bond motifs is 1. The van der Waals surface area contributed by atoms with E-state index in [1.807, 2.05) is 24.4 Å². The highest BCUT2D eigenvalue weighted by atomic mass is 16.4. The first kappa shape index (κ1) is 19.0. The van der Waals surface area contributed by atoms with Crippen molar-refractivity contribution in [3.8, 4) is 0 Å². The number of benzene rings is 1. The number of carboxylic acid groups (broad SMARTS) is 1. The van der Waals surface area contributed by atoms with Crippen LogP contribution in [-0.4, -0.2) is 21.7 Å². The fraction of sp³-hybridized carbons (Fsp3) is 0.381. The van der Waals surface area contributed by atoms with Crippen molar-refractivity contribution < 1.29 is 9.90 Å². The van der Waals surface area contributed by atoms with E-state index >= 15 is 0 Å². The smallest absolute Gasteiger partial charge is 0.320 e. The molecule has 0 unspecified atom stereocenters. The monoisotopic (exact) mass is 340 g/mol. The maximum atomic E-state index is 11.1. The van der Waals surface area contributed by atoms with Crippen LogP contribution in [0.2, 0.25) is 0 Å². The minimum absolute atomic E-state index is 0.339. The van der Waals surface area contributed by atoms with Gasteiger partial charge in [0.15, 0.2) is 0 Å². The maximum absolute atomic E-state index is 11.1. The molecule has 4 heteroatoms. The highest BCUT2D eigenvalue weighted by Gasteiger charge is 2.16. The second kappa shape index (κ2) is 8.67. The summed E-state index contributed by atoms with van der Waals surface area (Å²) < 4.78 is 2.17. The first-order chi connectivity index (χ1) is 11.9. The minimum Gasteiger partial charge on any atom is -0.480 e. The van der Waals surface area contributed by atoms with Crippen LogP contribution in [-0.2, 0) is 17.8 Å². The molecule has 2 aromatic rings. The molecular formula is C21H28N2O2. The normalized spacial score (nSPS) is 13.0. The number of nitrogens with two attached hydrogens (primary N) is 1. The van der Waals surface area contributed by atoms with E-state index in [0.29, 0.717) is 6.42 Å². The number of hydrogen-bond donors (Lipinski definition) is 2.